The predicted molar refractivity (Wildman–Crippen MR) is 89.5 cm³/mol. The minimum atomic E-state index is -1.27. The molecule has 0 aliphatic rings. The van der Waals surface area contributed by atoms with Crippen molar-refractivity contribution in [1.29, 1.82) is 0 Å². The van der Waals surface area contributed by atoms with E-state index in [4.69, 9.17) is 0 Å². The zero-order valence-corrected chi connectivity index (χ0v) is 15.3. The molecular formula is C5H12I4S. The standard InChI is InChI=1S/C5H12I4S/c1-2-3-4-5-10(6,7,8)9/h10H,2-5H2,1H3. The zero-order chi connectivity index (χ0) is 8.28. The highest BCUT2D eigenvalue weighted by Gasteiger charge is 2.25. The van der Waals surface area contributed by atoms with Gasteiger partial charge in [-0.25, -0.2) is 0 Å². The molecule has 0 aromatic heterocycles. The first kappa shape index (κ1) is 13.3. The summed E-state index contributed by atoms with van der Waals surface area (Å²) in [4.78, 5) is 0. The van der Waals surface area contributed by atoms with Gasteiger partial charge in [-0.15, -0.1) is -2.15 Å². The van der Waals surface area contributed by atoms with Crippen LogP contribution in [0.2, 0.25) is 0 Å². The molecule has 66 valence electrons. The third kappa shape index (κ3) is 11.3. The molecule has 0 spiro atoms. The summed E-state index contributed by atoms with van der Waals surface area (Å²) in [5.74, 6) is 1.42. The molecule has 0 N–H and O–H groups in total. The highest BCUT2D eigenvalue weighted by Crippen LogP contribution is 2.95. The van der Waals surface area contributed by atoms with E-state index in [0.717, 1.165) is 0 Å². The lowest BCUT2D eigenvalue weighted by Gasteiger charge is -2.37. The molecule has 0 unspecified atom stereocenters. The van der Waals surface area contributed by atoms with Crippen LogP contribution in [0.1, 0.15) is 26.2 Å². The molecule has 0 aromatic rings. The van der Waals surface area contributed by atoms with Gasteiger partial charge in [-0.05, 0) is 97.0 Å². The van der Waals surface area contributed by atoms with E-state index in [0.29, 0.717) is 0 Å². The summed E-state index contributed by atoms with van der Waals surface area (Å²) in [6, 6.07) is 0. The van der Waals surface area contributed by atoms with Crippen LogP contribution in [-0.4, -0.2) is 5.75 Å². The number of unbranched alkanes of at least 4 members (excludes halogenated alkanes) is 2. The Hall–Kier alpha value is 3.27. The van der Waals surface area contributed by atoms with E-state index in [-0.39, 0.29) is 0 Å². The van der Waals surface area contributed by atoms with Crippen molar-refractivity contribution in [3.63, 3.8) is 0 Å². The Balaban J connectivity index is 3.49. The molecule has 0 nitrogen and oxygen atoms in total. The average Bonchev–Trinajstić information content (AvgIpc) is 1.61. The summed E-state index contributed by atoms with van der Waals surface area (Å²) in [5, 5.41) is 0. The van der Waals surface area contributed by atoms with Crippen LogP contribution in [-0.2, 0) is 0 Å². The third-order valence-electron chi connectivity index (χ3n) is 1.10. The SMILES string of the molecule is CCCCC[SH](I)(I)(I)I. The number of hydrogen-bond donors (Lipinski definition) is 1. The van der Waals surface area contributed by atoms with Crippen molar-refractivity contribution >= 4 is 82.7 Å². The second-order valence-electron chi connectivity index (χ2n) is 2.29. The second kappa shape index (κ2) is 5.23. The predicted octanol–water partition coefficient (Wildman–Crippen LogP) is 5.65. The highest BCUT2D eigenvalue weighted by molar-refractivity contribution is 14.6. The van der Waals surface area contributed by atoms with Crippen LogP contribution in [0.5, 0.6) is 0 Å². The van der Waals surface area contributed by atoms with Crippen molar-refractivity contribution in [2.24, 2.45) is 0 Å². The molecule has 0 bridgehead atoms. The van der Waals surface area contributed by atoms with Gasteiger partial charge in [0, 0.05) is 0 Å². The van der Waals surface area contributed by atoms with Gasteiger partial charge in [0.25, 0.3) is 0 Å². The Morgan fingerprint density at radius 2 is 1.50 bits per heavy atom. The maximum absolute atomic E-state index is 2.64. The topological polar surface area (TPSA) is 0 Å². The summed E-state index contributed by atoms with van der Waals surface area (Å²) in [6.07, 6.45) is 4.15. The Morgan fingerprint density at radius 3 is 1.80 bits per heavy atom. The van der Waals surface area contributed by atoms with Gasteiger partial charge in [0.05, 0.1) is 0 Å². The fourth-order valence-corrected chi connectivity index (χ4v) is 5.40. The molecule has 0 fully saturated rings. The van der Waals surface area contributed by atoms with Gasteiger partial charge in [-0.2, -0.15) is 0 Å². The molecule has 0 rings (SSSR count). The molecule has 0 radical (unpaired) electrons. The maximum Gasteiger partial charge on any atom is -0.00685 e. The van der Waals surface area contributed by atoms with Gasteiger partial charge in [0.15, 0.2) is 0 Å². The van der Waals surface area contributed by atoms with E-state index in [9.17, 15) is 0 Å². The van der Waals surface area contributed by atoms with E-state index >= 15 is 0 Å². The van der Waals surface area contributed by atoms with Crippen molar-refractivity contribution in [3.8, 4) is 0 Å². The highest BCUT2D eigenvalue weighted by atomic mass is 127. The van der Waals surface area contributed by atoms with E-state index in [1.807, 2.05) is 0 Å². The van der Waals surface area contributed by atoms with E-state index in [1.165, 1.54) is 25.0 Å². The molecule has 5 heteroatoms. The first-order valence-electron chi connectivity index (χ1n) is 3.20. The van der Waals surface area contributed by atoms with E-state index in [2.05, 4.69) is 91.7 Å². The smallest absolute Gasteiger partial charge is 0.00685 e. The molecule has 10 heavy (non-hydrogen) atoms. The fraction of sp³-hybridized carbons (Fsp3) is 1.00. The van der Waals surface area contributed by atoms with Crippen LogP contribution in [0.3, 0.4) is 0 Å². The van der Waals surface area contributed by atoms with Gasteiger partial charge in [0.2, 0.25) is 0 Å². The summed E-state index contributed by atoms with van der Waals surface area (Å²) >= 11 is 10.6. The number of halogens is 4. The van der Waals surface area contributed by atoms with Gasteiger partial charge in [0.1, 0.15) is 0 Å². The molecule has 0 aliphatic carbocycles. The van der Waals surface area contributed by atoms with Gasteiger partial charge < -0.3 is 0 Å². The monoisotopic (exact) mass is 612 g/mol. The molecule has 0 saturated heterocycles. The van der Waals surface area contributed by atoms with E-state index in [1.54, 1.807) is 0 Å². The minimum absolute atomic E-state index is 1.27. The maximum atomic E-state index is 2.64. The summed E-state index contributed by atoms with van der Waals surface area (Å²) in [5.41, 5.74) is 0. The Labute approximate surface area is 112 Å². The van der Waals surface area contributed by atoms with Gasteiger partial charge in [-0.1, -0.05) is 19.8 Å². The molecular weight excluding hydrogens is 600 g/mol. The molecule has 0 saturated carbocycles. The van der Waals surface area contributed by atoms with Crippen molar-refractivity contribution in [2.45, 2.75) is 26.2 Å². The number of hydrogen-bond acceptors (Lipinski definition) is 0. The lowest BCUT2D eigenvalue weighted by atomic mass is 10.3. The molecule has 0 aliphatic heterocycles. The van der Waals surface area contributed by atoms with Gasteiger partial charge >= 0.3 is 0 Å². The van der Waals surface area contributed by atoms with Crippen molar-refractivity contribution < 1.29 is 0 Å². The normalized spacial score (nSPS) is 16.3. The first-order chi connectivity index (χ1) is 4.31. The quantitative estimate of drug-likeness (QED) is 0.237. The second-order valence-corrected chi connectivity index (χ2v) is 63.2. The van der Waals surface area contributed by atoms with Crippen molar-refractivity contribution in [2.75, 3.05) is 5.75 Å². The van der Waals surface area contributed by atoms with Crippen LogP contribution in [0.4, 0.5) is 0 Å². The average molecular weight is 612 g/mol. The van der Waals surface area contributed by atoms with Crippen LogP contribution >= 0.6 is 82.7 Å². The Kier molecular flexibility index (Phi) is 6.93. The number of rotatable bonds is 4. The van der Waals surface area contributed by atoms with Gasteiger partial charge in [-0.3, -0.25) is 0 Å². The Bertz CT molecular complexity index is 96.7. The van der Waals surface area contributed by atoms with Crippen LogP contribution in [0.15, 0.2) is 0 Å². The molecule has 0 heterocycles. The number of thiol groups is 1. The third-order valence-corrected chi connectivity index (χ3v) is 7.88. The van der Waals surface area contributed by atoms with Crippen LogP contribution in [0.25, 0.3) is 0 Å². The zero-order valence-electron chi connectivity index (χ0n) is 5.79. The molecule has 0 amide bonds. The summed E-state index contributed by atoms with van der Waals surface area (Å²) in [7, 11) is 0. The van der Waals surface area contributed by atoms with Crippen molar-refractivity contribution in [3.05, 3.63) is 0 Å². The van der Waals surface area contributed by atoms with E-state index < -0.39 is -2.15 Å². The van der Waals surface area contributed by atoms with Crippen molar-refractivity contribution in [1.82, 2.24) is 0 Å². The summed E-state index contributed by atoms with van der Waals surface area (Å²) < 4.78 is -1.27. The van der Waals surface area contributed by atoms with Crippen LogP contribution in [0, 0.1) is 0 Å². The fourth-order valence-electron chi connectivity index (χ4n) is 0.601. The largest absolute Gasteiger partial charge is 0.116 e. The lowest BCUT2D eigenvalue weighted by Crippen LogP contribution is -1.88. The van der Waals surface area contributed by atoms with Crippen LogP contribution < -0.4 is 0 Å². The summed E-state index contributed by atoms with van der Waals surface area (Å²) in [6.45, 7) is 2.26. The minimum Gasteiger partial charge on any atom is -0.116 e. The molecule has 0 atom stereocenters. The lowest BCUT2D eigenvalue weighted by molar-refractivity contribution is 0.779. The Morgan fingerprint density at radius 1 is 1.00 bits per heavy atom. The molecule has 0 aromatic carbocycles. The first-order valence-corrected chi connectivity index (χ1v) is 16.8.